The molecule has 0 aliphatic carbocycles. The number of amides is 2. The molecule has 0 fully saturated rings. The quantitative estimate of drug-likeness (QED) is 0.137. The van der Waals surface area contributed by atoms with Crippen LogP contribution in [0.5, 0.6) is 11.5 Å². The molecule has 0 saturated carbocycles. The molecule has 38 heavy (non-hydrogen) atoms. The summed E-state index contributed by atoms with van der Waals surface area (Å²) < 4.78 is 11.1. The van der Waals surface area contributed by atoms with Crippen molar-refractivity contribution in [3.8, 4) is 11.5 Å². The van der Waals surface area contributed by atoms with E-state index in [1.165, 1.54) is 6.21 Å². The summed E-state index contributed by atoms with van der Waals surface area (Å²) in [6.45, 7) is 1.90. The zero-order chi connectivity index (χ0) is 26.9. The molecule has 0 radical (unpaired) electrons. The van der Waals surface area contributed by atoms with E-state index < -0.39 is 11.9 Å². The van der Waals surface area contributed by atoms with Gasteiger partial charge < -0.3 is 14.8 Å². The Morgan fingerprint density at radius 3 is 2.47 bits per heavy atom. The van der Waals surface area contributed by atoms with Crippen LogP contribution in [0.3, 0.4) is 0 Å². The predicted molar refractivity (Wildman–Crippen MR) is 146 cm³/mol. The Kier molecular flexibility index (Phi) is 8.69. The number of carbonyl (C=O) groups excluding carboxylic acids is 3. The van der Waals surface area contributed by atoms with E-state index in [4.69, 9.17) is 21.1 Å². The van der Waals surface area contributed by atoms with Crippen LogP contribution in [0.2, 0.25) is 5.02 Å². The van der Waals surface area contributed by atoms with Gasteiger partial charge in [0.2, 0.25) is 0 Å². The maximum Gasteiger partial charge on any atom is 0.343 e. The smallest absolute Gasteiger partial charge is 0.343 e. The predicted octanol–water partition coefficient (Wildman–Crippen LogP) is 4.99. The zero-order valence-electron chi connectivity index (χ0n) is 20.4. The van der Waals surface area contributed by atoms with E-state index in [-0.39, 0.29) is 18.2 Å². The van der Waals surface area contributed by atoms with E-state index >= 15 is 0 Å². The fourth-order valence-electron chi connectivity index (χ4n) is 3.60. The fourth-order valence-corrected chi connectivity index (χ4v) is 3.73. The van der Waals surface area contributed by atoms with E-state index in [0.717, 1.165) is 10.8 Å². The van der Waals surface area contributed by atoms with Crippen LogP contribution in [-0.2, 0) is 4.79 Å². The molecule has 0 aromatic heterocycles. The van der Waals surface area contributed by atoms with Gasteiger partial charge in [-0.05, 0) is 71.8 Å². The van der Waals surface area contributed by atoms with Crippen LogP contribution in [0.1, 0.15) is 33.2 Å². The van der Waals surface area contributed by atoms with Gasteiger partial charge in [0.25, 0.3) is 11.8 Å². The summed E-state index contributed by atoms with van der Waals surface area (Å²) in [6.07, 6.45) is 1.41. The van der Waals surface area contributed by atoms with Crippen molar-refractivity contribution in [3.63, 3.8) is 0 Å². The highest BCUT2D eigenvalue weighted by Crippen LogP contribution is 2.29. The van der Waals surface area contributed by atoms with Crippen molar-refractivity contribution in [1.29, 1.82) is 0 Å². The number of hydrogen-bond acceptors (Lipinski definition) is 6. The lowest BCUT2D eigenvalue weighted by Gasteiger charge is -2.11. The molecule has 0 bridgehead atoms. The van der Waals surface area contributed by atoms with Crippen molar-refractivity contribution >= 4 is 46.4 Å². The van der Waals surface area contributed by atoms with Gasteiger partial charge >= 0.3 is 5.97 Å². The number of ether oxygens (including phenoxy) is 2. The summed E-state index contributed by atoms with van der Waals surface area (Å²) in [5, 5.41) is 8.80. The first kappa shape index (κ1) is 26.4. The fraction of sp³-hybridized carbons (Fsp3) is 0.103. The second-order valence-electron chi connectivity index (χ2n) is 8.04. The maximum atomic E-state index is 12.6. The minimum atomic E-state index is -0.554. The standard InChI is InChI=1S/C29H24ClN3O5/c1-2-37-26-16-19(10-15-25(26)38-29(36)21-11-13-22(30)14-12-21)17-32-33-27(34)18-31-28(35)24-9-5-7-20-6-3-4-8-23(20)24/h3-17H,2,18H2,1H3,(H,31,35)(H,33,34)/b32-17+. The number of halogens is 1. The van der Waals surface area contributed by atoms with Crippen LogP contribution in [0, 0.1) is 0 Å². The second kappa shape index (κ2) is 12.5. The monoisotopic (exact) mass is 529 g/mol. The minimum absolute atomic E-state index is 0.240. The summed E-state index contributed by atoms with van der Waals surface area (Å²) in [5.41, 5.74) is 3.81. The highest BCUT2D eigenvalue weighted by molar-refractivity contribution is 6.30. The summed E-state index contributed by atoms with van der Waals surface area (Å²) in [5.74, 6) is -0.821. The van der Waals surface area contributed by atoms with E-state index in [1.807, 2.05) is 30.3 Å². The lowest BCUT2D eigenvalue weighted by Crippen LogP contribution is -2.35. The van der Waals surface area contributed by atoms with Gasteiger partial charge in [-0.15, -0.1) is 0 Å². The van der Waals surface area contributed by atoms with Gasteiger partial charge in [0, 0.05) is 10.6 Å². The average molecular weight is 530 g/mol. The van der Waals surface area contributed by atoms with Crippen LogP contribution < -0.4 is 20.2 Å². The van der Waals surface area contributed by atoms with E-state index in [0.29, 0.717) is 34.1 Å². The molecule has 0 aliphatic rings. The van der Waals surface area contributed by atoms with Gasteiger partial charge in [-0.2, -0.15) is 5.10 Å². The summed E-state index contributed by atoms with van der Waals surface area (Å²) in [6, 6.07) is 24.1. The van der Waals surface area contributed by atoms with Gasteiger partial charge in [-0.25, -0.2) is 10.2 Å². The van der Waals surface area contributed by atoms with Crippen molar-refractivity contribution in [1.82, 2.24) is 10.7 Å². The van der Waals surface area contributed by atoms with E-state index in [1.54, 1.807) is 61.5 Å². The number of fused-ring (bicyclic) bond motifs is 1. The maximum absolute atomic E-state index is 12.6. The molecular formula is C29H24ClN3O5. The number of benzene rings is 4. The van der Waals surface area contributed by atoms with Gasteiger partial charge in [0.1, 0.15) is 0 Å². The lowest BCUT2D eigenvalue weighted by molar-refractivity contribution is -0.120. The second-order valence-corrected chi connectivity index (χ2v) is 8.47. The Morgan fingerprint density at radius 2 is 1.68 bits per heavy atom. The van der Waals surface area contributed by atoms with Crippen molar-refractivity contribution in [2.45, 2.75) is 6.92 Å². The molecule has 4 aromatic carbocycles. The molecule has 192 valence electrons. The Bertz CT molecular complexity index is 1500. The van der Waals surface area contributed by atoms with Crippen LogP contribution in [0.4, 0.5) is 0 Å². The Balaban J connectivity index is 1.34. The van der Waals surface area contributed by atoms with E-state index in [2.05, 4.69) is 15.8 Å². The molecule has 4 rings (SSSR count). The lowest BCUT2D eigenvalue weighted by atomic mass is 10.0. The van der Waals surface area contributed by atoms with Crippen molar-refractivity contribution in [2.24, 2.45) is 5.10 Å². The third-order valence-electron chi connectivity index (χ3n) is 5.40. The molecule has 8 nitrogen and oxygen atoms in total. The topological polar surface area (TPSA) is 106 Å². The molecule has 0 unspecified atom stereocenters. The van der Waals surface area contributed by atoms with Gasteiger partial charge in [-0.1, -0.05) is 48.0 Å². The van der Waals surface area contributed by atoms with Crippen molar-refractivity contribution < 1.29 is 23.9 Å². The van der Waals surface area contributed by atoms with E-state index in [9.17, 15) is 14.4 Å². The number of hydrogen-bond donors (Lipinski definition) is 2. The highest BCUT2D eigenvalue weighted by atomic mass is 35.5. The molecule has 0 spiro atoms. The normalized spacial score (nSPS) is 10.8. The van der Waals surface area contributed by atoms with Gasteiger partial charge in [-0.3, -0.25) is 9.59 Å². The summed E-state index contributed by atoms with van der Waals surface area (Å²) in [4.78, 5) is 37.2. The number of carbonyl (C=O) groups is 3. The number of rotatable bonds is 9. The first-order valence-corrected chi connectivity index (χ1v) is 12.1. The molecule has 2 N–H and O–H groups in total. The minimum Gasteiger partial charge on any atom is -0.490 e. The highest BCUT2D eigenvalue weighted by Gasteiger charge is 2.14. The van der Waals surface area contributed by atoms with Crippen LogP contribution in [0.25, 0.3) is 10.8 Å². The average Bonchev–Trinajstić information content (AvgIpc) is 2.93. The number of hydrazone groups is 1. The molecule has 2 amide bonds. The summed E-state index contributed by atoms with van der Waals surface area (Å²) in [7, 11) is 0. The van der Waals surface area contributed by atoms with Gasteiger partial charge in [0.05, 0.1) is 24.9 Å². The van der Waals surface area contributed by atoms with Crippen LogP contribution >= 0.6 is 11.6 Å². The Labute approximate surface area is 224 Å². The molecular weight excluding hydrogens is 506 g/mol. The molecule has 0 atom stereocenters. The van der Waals surface area contributed by atoms with Crippen molar-refractivity contribution in [3.05, 3.63) is 107 Å². The van der Waals surface area contributed by atoms with Crippen LogP contribution in [0.15, 0.2) is 90.0 Å². The Morgan fingerprint density at radius 1 is 0.921 bits per heavy atom. The molecule has 9 heteroatoms. The molecule has 0 saturated heterocycles. The third-order valence-corrected chi connectivity index (χ3v) is 5.65. The summed E-state index contributed by atoms with van der Waals surface area (Å²) >= 11 is 5.87. The van der Waals surface area contributed by atoms with Gasteiger partial charge in [0.15, 0.2) is 11.5 Å². The first-order chi connectivity index (χ1) is 18.4. The number of nitrogens with one attached hydrogen (secondary N) is 2. The molecule has 0 aliphatic heterocycles. The number of nitrogens with zero attached hydrogens (tertiary/aromatic N) is 1. The molecule has 0 heterocycles. The largest absolute Gasteiger partial charge is 0.490 e. The third kappa shape index (κ3) is 6.74. The Hall–Kier alpha value is -4.69. The number of esters is 1. The zero-order valence-corrected chi connectivity index (χ0v) is 21.2. The SMILES string of the molecule is CCOc1cc(/C=N/NC(=O)CNC(=O)c2cccc3ccccc23)ccc1OC(=O)c1ccc(Cl)cc1. The molecule has 4 aromatic rings. The first-order valence-electron chi connectivity index (χ1n) is 11.8. The van der Waals surface area contributed by atoms with Crippen LogP contribution in [-0.4, -0.2) is 37.1 Å². The van der Waals surface area contributed by atoms with Crippen molar-refractivity contribution in [2.75, 3.05) is 13.2 Å².